The van der Waals surface area contributed by atoms with Gasteiger partial charge in [-0.15, -0.1) is 0 Å². The Balaban J connectivity index is 1.61. The Kier molecular flexibility index (Phi) is 11.4. The molecular formula is C36H41BrClFN4O3. The van der Waals surface area contributed by atoms with Crippen LogP contribution in [0.5, 0.6) is 5.75 Å². The van der Waals surface area contributed by atoms with E-state index in [4.69, 9.17) is 26.2 Å². The number of carbonyl (C=O) groups is 1. The zero-order valence-electron chi connectivity index (χ0n) is 26.9. The molecule has 46 heavy (non-hydrogen) atoms. The van der Waals surface area contributed by atoms with Gasteiger partial charge in [0.25, 0.3) is 0 Å². The van der Waals surface area contributed by atoms with Crippen LogP contribution < -0.4 is 10.1 Å². The molecule has 7 nitrogen and oxygen atoms in total. The summed E-state index contributed by atoms with van der Waals surface area (Å²) >= 11 is 10.8. The summed E-state index contributed by atoms with van der Waals surface area (Å²) in [4.78, 5) is 13.8. The lowest BCUT2D eigenvalue weighted by molar-refractivity contribution is 0.0512. The van der Waals surface area contributed by atoms with Crippen molar-refractivity contribution in [2.45, 2.75) is 57.8 Å². The predicted molar refractivity (Wildman–Crippen MR) is 188 cm³/mol. The average Bonchev–Trinajstić information content (AvgIpc) is 3.54. The molecule has 0 aliphatic heterocycles. The second kappa shape index (κ2) is 15.5. The number of benzene rings is 3. The summed E-state index contributed by atoms with van der Waals surface area (Å²) < 4.78 is 29.8. The highest BCUT2D eigenvalue weighted by atomic mass is 79.9. The van der Waals surface area contributed by atoms with Crippen molar-refractivity contribution in [3.63, 3.8) is 0 Å². The first kappa shape index (κ1) is 33.9. The van der Waals surface area contributed by atoms with Crippen LogP contribution in [0.4, 0.5) is 4.39 Å². The lowest BCUT2D eigenvalue weighted by Crippen LogP contribution is -2.16. The van der Waals surface area contributed by atoms with Crippen molar-refractivity contribution in [1.29, 1.82) is 0 Å². The van der Waals surface area contributed by atoms with Crippen LogP contribution in [0.1, 0.15) is 60.5 Å². The maximum Gasteiger partial charge on any atom is 0.355 e. The van der Waals surface area contributed by atoms with E-state index in [0.717, 1.165) is 75.6 Å². The minimum absolute atomic E-state index is 0.272. The van der Waals surface area contributed by atoms with Gasteiger partial charge in [0.05, 0.1) is 35.1 Å². The fourth-order valence-electron chi connectivity index (χ4n) is 6.30. The lowest BCUT2D eigenvalue weighted by atomic mass is 9.97. The lowest BCUT2D eigenvalue weighted by Gasteiger charge is -2.15. The second-order valence-corrected chi connectivity index (χ2v) is 12.2. The van der Waals surface area contributed by atoms with Crippen molar-refractivity contribution >= 4 is 55.2 Å². The van der Waals surface area contributed by atoms with Crippen molar-refractivity contribution in [1.82, 2.24) is 19.7 Å². The molecule has 0 atom stereocenters. The number of esters is 1. The van der Waals surface area contributed by atoms with E-state index in [1.165, 1.54) is 12.1 Å². The Morgan fingerprint density at radius 1 is 1.07 bits per heavy atom. The first-order valence-corrected chi connectivity index (χ1v) is 17.4. The van der Waals surface area contributed by atoms with Crippen LogP contribution >= 0.6 is 27.5 Å². The summed E-state index contributed by atoms with van der Waals surface area (Å²) in [5.41, 5.74) is 6.29. The number of nitrogens with zero attached hydrogens (tertiary/aromatic N) is 3. The van der Waals surface area contributed by atoms with Gasteiger partial charge < -0.3 is 19.4 Å². The Labute approximate surface area is 283 Å². The minimum atomic E-state index is -0.344. The van der Waals surface area contributed by atoms with Crippen molar-refractivity contribution < 1.29 is 18.7 Å². The van der Waals surface area contributed by atoms with Gasteiger partial charge in [-0.3, -0.25) is 4.68 Å². The van der Waals surface area contributed by atoms with Crippen LogP contribution in [0.15, 0.2) is 48.5 Å². The van der Waals surface area contributed by atoms with Crippen molar-refractivity contribution in [2.24, 2.45) is 7.05 Å². The SMILES string of the molecule is CCOC(=O)c1c(CCCOc2cccc3cc(F)ccc23)c2ccc(Cl)c(-c3c(CC)nn(C)c3CBr)c2n1CCCCNC. The van der Waals surface area contributed by atoms with Gasteiger partial charge in [-0.05, 0) is 93.9 Å². The van der Waals surface area contributed by atoms with E-state index in [0.29, 0.717) is 47.8 Å². The van der Waals surface area contributed by atoms with E-state index in [2.05, 4.69) is 32.7 Å². The summed E-state index contributed by atoms with van der Waals surface area (Å²) in [7, 11) is 3.90. The molecule has 0 aliphatic carbocycles. The van der Waals surface area contributed by atoms with Crippen LogP contribution in [0.25, 0.3) is 32.8 Å². The molecule has 0 saturated carbocycles. The van der Waals surface area contributed by atoms with Crippen LogP contribution in [0, 0.1) is 5.82 Å². The molecule has 0 aliphatic rings. The average molecular weight is 712 g/mol. The molecule has 10 heteroatoms. The fourth-order valence-corrected chi connectivity index (χ4v) is 7.19. The van der Waals surface area contributed by atoms with Crippen molar-refractivity contribution in [3.05, 3.63) is 82.0 Å². The molecule has 1 N–H and O–H groups in total. The Morgan fingerprint density at radius 2 is 1.87 bits per heavy atom. The monoisotopic (exact) mass is 710 g/mol. The molecule has 0 fully saturated rings. The smallest absolute Gasteiger partial charge is 0.355 e. The minimum Gasteiger partial charge on any atom is -0.493 e. The van der Waals surface area contributed by atoms with Gasteiger partial charge in [0, 0.05) is 40.8 Å². The number of hydrogen-bond donors (Lipinski definition) is 1. The number of rotatable bonds is 15. The van der Waals surface area contributed by atoms with Gasteiger partial charge >= 0.3 is 5.97 Å². The number of fused-ring (bicyclic) bond motifs is 2. The molecular weight excluding hydrogens is 671 g/mol. The summed E-state index contributed by atoms with van der Waals surface area (Å²) in [5.74, 6) is 0.0812. The van der Waals surface area contributed by atoms with Gasteiger partial charge in [-0.2, -0.15) is 5.10 Å². The number of alkyl halides is 1. The molecule has 2 aromatic heterocycles. The molecule has 3 aromatic carbocycles. The Hall–Kier alpha value is -3.40. The maximum absolute atomic E-state index is 13.8. The molecule has 0 amide bonds. The van der Waals surface area contributed by atoms with Crippen LogP contribution in [0.3, 0.4) is 0 Å². The first-order valence-electron chi connectivity index (χ1n) is 15.9. The Bertz CT molecular complexity index is 1850. The van der Waals surface area contributed by atoms with E-state index in [9.17, 15) is 9.18 Å². The first-order chi connectivity index (χ1) is 22.3. The quantitative estimate of drug-likeness (QED) is 0.0669. The third-order valence-electron chi connectivity index (χ3n) is 8.39. The molecule has 0 saturated heterocycles. The molecule has 0 unspecified atom stereocenters. The molecule has 0 spiro atoms. The maximum atomic E-state index is 13.8. The number of nitrogens with one attached hydrogen (secondary N) is 1. The highest BCUT2D eigenvalue weighted by Crippen LogP contribution is 2.43. The number of hydrogen-bond acceptors (Lipinski definition) is 5. The predicted octanol–water partition coefficient (Wildman–Crippen LogP) is 8.63. The molecule has 0 bridgehead atoms. The standard InChI is InChI=1S/C36H41BrClFN4O3/c1-5-29-33(30(22-37)42(4)41-29)32-28(38)17-16-27-26(35(36(44)45-6-2)43(34(27)32)19-8-7-18-40-3)12-10-20-46-31-13-9-11-23-21-24(39)14-15-25(23)31/h9,11,13-17,21,40H,5-8,10,12,18-20,22H2,1-4H3. The van der Waals surface area contributed by atoms with Crippen LogP contribution in [-0.4, -0.2) is 47.1 Å². The van der Waals surface area contributed by atoms with Gasteiger partial charge in [0.15, 0.2) is 0 Å². The zero-order chi connectivity index (χ0) is 32.8. The van der Waals surface area contributed by atoms with Crippen LogP contribution in [0.2, 0.25) is 5.02 Å². The highest BCUT2D eigenvalue weighted by Gasteiger charge is 2.29. The van der Waals surface area contributed by atoms with Crippen LogP contribution in [-0.2, 0) is 36.5 Å². The van der Waals surface area contributed by atoms with Crippen molar-refractivity contribution in [3.8, 4) is 16.9 Å². The van der Waals surface area contributed by atoms with Gasteiger partial charge in [-0.1, -0.05) is 52.7 Å². The normalized spacial score (nSPS) is 11.5. The molecule has 0 radical (unpaired) electrons. The third kappa shape index (κ3) is 6.82. The van der Waals surface area contributed by atoms with E-state index in [-0.39, 0.29) is 18.4 Å². The summed E-state index contributed by atoms with van der Waals surface area (Å²) in [6, 6.07) is 14.3. The highest BCUT2D eigenvalue weighted by molar-refractivity contribution is 9.08. The number of carbonyl (C=O) groups excluding carboxylic acids is 1. The van der Waals surface area contributed by atoms with E-state index >= 15 is 0 Å². The van der Waals surface area contributed by atoms with Crippen molar-refractivity contribution in [2.75, 3.05) is 26.8 Å². The molecule has 244 valence electrons. The second-order valence-electron chi connectivity index (χ2n) is 11.3. The van der Waals surface area contributed by atoms with Gasteiger partial charge in [-0.25, -0.2) is 9.18 Å². The molecule has 5 aromatic rings. The zero-order valence-corrected chi connectivity index (χ0v) is 29.2. The number of aromatic nitrogens is 3. The summed E-state index contributed by atoms with van der Waals surface area (Å²) in [6.45, 7) is 6.13. The topological polar surface area (TPSA) is 70.3 Å². The third-order valence-corrected chi connectivity index (χ3v) is 9.23. The van der Waals surface area contributed by atoms with Gasteiger partial charge in [0.1, 0.15) is 17.3 Å². The van der Waals surface area contributed by atoms with Gasteiger partial charge in [0.2, 0.25) is 0 Å². The fraction of sp³-hybridized carbons (Fsp3) is 0.389. The Morgan fingerprint density at radius 3 is 2.61 bits per heavy atom. The largest absolute Gasteiger partial charge is 0.493 e. The molecule has 2 heterocycles. The summed E-state index contributed by atoms with van der Waals surface area (Å²) in [5, 5.41) is 11.9. The number of halogens is 3. The van der Waals surface area contributed by atoms with E-state index in [1.807, 2.05) is 56.0 Å². The molecule has 5 rings (SSSR count). The summed E-state index contributed by atoms with van der Waals surface area (Å²) in [6.07, 6.45) is 3.80. The number of unbranched alkanes of at least 4 members (excludes halogenated alkanes) is 1. The van der Waals surface area contributed by atoms with E-state index in [1.54, 1.807) is 6.07 Å². The number of ether oxygens (including phenoxy) is 2. The van der Waals surface area contributed by atoms with E-state index < -0.39 is 0 Å². The number of aryl methyl sites for hydroxylation is 4.